The van der Waals surface area contributed by atoms with Crippen molar-refractivity contribution in [1.82, 2.24) is 10.6 Å². The standard InChI is InChI=1S/C11H17N3O/c1-11(2,3)6-4-8-13-10(15)14-9-5-7-12/h5,8-9H2,1-3H3,(H2,13,14,15). The number of hydrogen-bond acceptors (Lipinski definition) is 2. The molecule has 2 N–H and O–H groups in total. The highest BCUT2D eigenvalue weighted by Crippen LogP contribution is 2.09. The molecule has 0 spiro atoms. The van der Waals surface area contributed by atoms with E-state index in [1.54, 1.807) is 0 Å². The largest absolute Gasteiger partial charge is 0.337 e. The van der Waals surface area contributed by atoms with Crippen LogP contribution in [-0.4, -0.2) is 19.1 Å². The minimum atomic E-state index is -0.284. The minimum Gasteiger partial charge on any atom is -0.337 e. The van der Waals surface area contributed by atoms with Crippen LogP contribution >= 0.6 is 0 Å². The maximum atomic E-state index is 11.0. The Kier molecular flexibility index (Phi) is 5.97. The summed E-state index contributed by atoms with van der Waals surface area (Å²) in [4.78, 5) is 11.0. The lowest BCUT2D eigenvalue weighted by molar-refractivity contribution is 0.242. The van der Waals surface area contributed by atoms with Gasteiger partial charge in [0, 0.05) is 12.0 Å². The molecular formula is C11H17N3O. The van der Waals surface area contributed by atoms with E-state index in [9.17, 15) is 4.79 Å². The van der Waals surface area contributed by atoms with E-state index in [0.717, 1.165) is 0 Å². The van der Waals surface area contributed by atoms with Gasteiger partial charge in [0.2, 0.25) is 0 Å². The van der Waals surface area contributed by atoms with E-state index in [1.807, 2.05) is 26.8 Å². The topological polar surface area (TPSA) is 64.9 Å². The van der Waals surface area contributed by atoms with Gasteiger partial charge < -0.3 is 10.6 Å². The van der Waals surface area contributed by atoms with Gasteiger partial charge in [-0.15, -0.1) is 0 Å². The lowest BCUT2D eigenvalue weighted by atomic mass is 9.98. The van der Waals surface area contributed by atoms with E-state index in [2.05, 4.69) is 22.5 Å². The van der Waals surface area contributed by atoms with Crippen LogP contribution in [0.25, 0.3) is 0 Å². The predicted molar refractivity (Wildman–Crippen MR) is 58.9 cm³/mol. The van der Waals surface area contributed by atoms with Crippen molar-refractivity contribution in [1.29, 1.82) is 5.26 Å². The van der Waals surface area contributed by atoms with Crippen molar-refractivity contribution in [3.05, 3.63) is 0 Å². The van der Waals surface area contributed by atoms with Crippen molar-refractivity contribution in [2.24, 2.45) is 5.41 Å². The summed E-state index contributed by atoms with van der Waals surface area (Å²) in [6.45, 7) is 6.72. The molecule has 0 unspecified atom stereocenters. The number of carbonyl (C=O) groups excluding carboxylic acids is 1. The first-order valence-corrected chi connectivity index (χ1v) is 4.84. The number of urea groups is 1. The molecule has 0 fully saturated rings. The fourth-order valence-corrected chi connectivity index (χ4v) is 0.728. The van der Waals surface area contributed by atoms with Gasteiger partial charge in [-0.2, -0.15) is 5.26 Å². The highest BCUT2D eigenvalue weighted by Gasteiger charge is 2.03. The summed E-state index contributed by atoms with van der Waals surface area (Å²) in [5, 5.41) is 13.4. The maximum absolute atomic E-state index is 11.0. The van der Waals surface area contributed by atoms with E-state index in [-0.39, 0.29) is 11.4 Å². The Morgan fingerprint density at radius 1 is 1.33 bits per heavy atom. The van der Waals surface area contributed by atoms with Gasteiger partial charge in [-0.05, 0) is 20.8 Å². The summed E-state index contributed by atoms with van der Waals surface area (Å²) in [6.07, 6.45) is 0.321. The van der Waals surface area contributed by atoms with E-state index in [0.29, 0.717) is 19.5 Å². The third-order valence-electron chi connectivity index (χ3n) is 1.32. The lowest BCUT2D eigenvalue weighted by Gasteiger charge is -2.07. The number of hydrogen-bond donors (Lipinski definition) is 2. The number of amides is 2. The molecule has 0 atom stereocenters. The highest BCUT2D eigenvalue weighted by molar-refractivity contribution is 5.74. The zero-order valence-electron chi connectivity index (χ0n) is 9.48. The molecule has 0 rings (SSSR count). The van der Waals surface area contributed by atoms with E-state index in [1.165, 1.54) is 0 Å². The second kappa shape index (κ2) is 6.73. The molecule has 4 nitrogen and oxygen atoms in total. The van der Waals surface area contributed by atoms with Crippen LogP contribution < -0.4 is 10.6 Å². The van der Waals surface area contributed by atoms with E-state index >= 15 is 0 Å². The molecule has 0 aromatic rings. The molecule has 0 aliphatic carbocycles. The molecule has 4 heteroatoms. The quantitative estimate of drug-likeness (QED) is 0.540. The van der Waals surface area contributed by atoms with Crippen LogP contribution in [0, 0.1) is 28.6 Å². The predicted octanol–water partition coefficient (Wildman–Crippen LogP) is 1.25. The summed E-state index contributed by atoms with van der Waals surface area (Å²) in [7, 11) is 0. The summed E-state index contributed by atoms with van der Waals surface area (Å²) in [6, 6.07) is 1.66. The van der Waals surface area contributed by atoms with Crippen molar-refractivity contribution in [3.63, 3.8) is 0 Å². The van der Waals surface area contributed by atoms with E-state index < -0.39 is 0 Å². The number of nitrogens with zero attached hydrogens (tertiary/aromatic N) is 1. The van der Waals surface area contributed by atoms with Gasteiger partial charge in [-0.1, -0.05) is 11.8 Å². The van der Waals surface area contributed by atoms with Crippen molar-refractivity contribution in [2.75, 3.05) is 13.1 Å². The van der Waals surface area contributed by atoms with Crippen LogP contribution in [0.1, 0.15) is 27.2 Å². The minimum absolute atomic E-state index is 0.0427. The molecule has 0 aliphatic rings. The number of nitrogens with one attached hydrogen (secondary N) is 2. The number of rotatable bonds is 3. The van der Waals surface area contributed by atoms with Crippen molar-refractivity contribution in [2.45, 2.75) is 27.2 Å². The molecule has 0 bridgehead atoms. The first-order valence-electron chi connectivity index (χ1n) is 4.84. The Labute approximate surface area is 91.0 Å². The fraction of sp³-hybridized carbons (Fsp3) is 0.636. The summed E-state index contributed by atoms with van der Waals surface area (Å²) < 4.78 is 0. The molecule has 0 aliphatic heterocycles. The normalized spacial score (nSPS) is 9.47. The molecule has 0 radical (unpaired) electrons. The van der Waals surface area contributed by atoms with Crippen molar-refractivity contribution in [3.8, 4) is 17.9 Å². The molecule has 0 saturated heterocycles. The van der Waals surface area contributed by atoms with Crippen LogP contribution in [0.5, 0.6) is 0 Å². The van der Waals surface area contributed by atoms with Gasteiger partial charge in [-0.3, -0.25) is 0 Å². The first kappa shape index (κ1) is 13.3. The average molecular weight is 207 g/mol. The van der Waals surface area contributed by atoms with Gasteiger partial charge >= 0.3 is 6.03 Å². The third kappa shape index (κ3) is 10.2. The smallest absolute Gasteiger partial charge is 0.315 e. The first-order chi connectivity index (χ1) is 6.95. The summed E-state index contributed by atoms with van der Waals surface area (Å²) >= 11 is 0. The molecule has 15 heavy (non-hydrogen) atoms. The zero-order valence-corrected chi connectivity index (χ0v) is 9.48. The van der Waals surface area contributed by atoms with Crippen LogP contribution in [0.15, 0.2) is 0 Å². The zero-order chi connectivity index (χ0) is 11.7. The van der Waals surface area contributed by atoms with Gasteiger partial charge in [-0.25, -0.2) is 4.79 Å². The third-order valence-corrected chi connectivity index (χ3v) is 1.32. The Morgan fingerprint density at radius 3 is 2.53 bits per heavy atom. The van der Waals surface area contributed by atoms with Crippen molar-refractivity contribution >= 4 is 6.03 Å². The maximum Gasteiger partial charge on any atom is 0.315 e. The number of nitriles is 1. The Balaban J connectivity index is 3.63. The average Bonchev–Trinajstić information content (AvgIpc) is 2.11. The molecule has 0 heterocycles. The van der Waals surface area contributed by atoms with Crippen LogP contribution in [-0.2, 0) is 0 Å². The monoisotopic (exact) mass is 207 g/mol. The SMILES string of the molecule is CC(C)(C)C#CCNC(=O)NCCC#N. The fourth-order valence-electron chi connectivity index (χ4n) is 0.728. The van der Waals surface area contributed by atoms with Crippen LogP contribution in [0.2, 0.25) is 0 Å². The second-order valence-corrected chi connectivity index (χ2v) is 4.07. The lowest BCUT2D eigenvalue weighted by Crippen LogP contribution is -2.36. The van der Waals surface area contributed by atoms with Crippen LogP contribution in [0.4, 0.5) is 4.79 Å². The Bertz CT molecular complexity index is 299. The van der Waals surface area contributed by atoms with Gasteiger partial charge in [0.15, 0.2) is 0 Å². The summed E-state index contributed by atoms with van der Waals surface area (Å²) in [5.74, 6) is 5.86. The molecule has 0 aromatic heterocycles. The highest BCUT2D eigenvalue weighted by atomic mass is 16.2. The molecule has 0 saturated carbocycles. The van der Waals surface area contributed by atoms with Gasteiger partial charge in [0.1, 0.15) is 0 Å². The van der Waals surface area contributed by atoms with E-state index in [4.69, 9.17) is 5.26 Å². The van der Waals surface area contributed by atoms with Gasteiger partial charge in [0.25, 0.3) is 0 Å². The van der Waals surface area contributed by atoms with Gasteiger partial charge in [0.05, 0.1) is 19.0 Å². The number of carbonyl (C=O) groups is 1. The second-order valence-electron chi connectivity index (χ2n) is 4.07. The Morgan fingerprint density at radius 2 is 2.00 bits per heavy atom. The van der Waals surface area contributed by atoms with Crippen LogP contribution in [0.3, 0.4) is 0 Å². The van der Waals surface area contributed by atoms with Crippen molar-refractivity contribution < 1.29 is 4.79 Å². The summed E-state index contributed by atoms with van der Waals surface area (Å²) in [5.41, 5.74) is -0.0427. The molecule has 82 valence electrons. The molecular weight excluding hydrogens is 190 g/mol. The Hall–Kier alpha value is -1.68. The molecule has 2 amide bonds. The molecule has 0 aromatic carbocycles.